The van der Waals surface area contributed by atoms with Gasteiger partial charge in [-0.05, 0) is 19.9 Å². The average molecular weight is 248 g/mol. The van der Waals surface area contributed by atoms with Crippen LogP contribution in [0, 0.1) is 0 Å². The van der Waals surface area contributed by atoms with Crippen LogP contribution in [0.5, 0.6) is 0 Å². The zero-order chi connectivity index (χ0) is 13.6. The summed E-state index contributed by atoms with van der Waals surface area (Å²) in [4.78, 5) is 22.3. The van der Waals surface area contributed by atoms with Crippen LogP contribution in [-0.2, 0) is 14.3 Å². The summed E-state index contributed by atoms with van der Waals surface area (Å²) in [6.07, 6.45) is -0.845. The average Bonchev–Trinajstić information content (AvgIpc) is 2.26. The summed E-state index contributed by atoms with van der Waals surface area (Å²) in [5.41, 5.74) is -1.82. The van der Waals surface area contributed by atoms with Gasteiger partial charge in [-0.25, -0.2) is 9.59 Å². The third-order valence-corrected chi connectivity index (χ3v) is 1.76. The van der Waals surface area contributed by atoms with E-state index in [1.165, 1.54) is 0 Å². The van der Waals surface area contributed by atoms with Crippen molar-refractivity contribution in [3.05, 3.63) is 11.6 Å². The van der Waals surface area contributed by atoms with Crippen molar-refractivity contribution in [1.82, 2.24) is 0 Å². The highest BCUT2D eigenvalue weighted by atomic mass is 16.6. The van der Waals surface area contributed by atoms with Gasteiger partial charge in [0.15, 0.2) is 6.10 Å². The third kappa shape index (κ3) is 4.61. The van der Waals surface area contributed by atoms with E-state index in [2.05, 4.69) is 4.74 Å². The van der Waals surface area contributed by atoms with Crippen LogP contribution in [0.2, 0.25) is 0 Å². The summed E-state index contributed by atoms with van der Waals surface area (Å²) in [5, 5.41) is 35.9. The summed E-state index contributed by atoms with van der Waals surface area (Å²) in [7, 11) is 0. The fraction of sp³-hybridized carbons (Fsp3) is 0.600. The standard InChI is InChI=1S/C10H16O7/c1-6(2)3-10(16,5-12)9(15)17-8(14)7(13)4-11/h3,7,11-13,16H,4-5H2,1-2H3. The molecular formula is C10H16O7. The first kappa shape index (κ1) is 15.7. The Morgan fingerprint density at radius 1 is 1.35 bits per heavy atom. The Bertz CT molecular complexity index is 319. The van der Waals surface area contributed by atoms with E-state index in [1.54, 1.807) is 13.8 Å². The molecule has 0 aliphatic carbocycles. The van der Waals surface area contributed by atoms with Gasteiger partial charge >= 0.3 is 11.9 Å². The van der Waals surface area contributed by atoms with Crippen LogP contribution in [0.3, 0.4) is 0 Å². The second kappa shape index (κ2) is 6.45. The molecule has 4 N–H and O–H groups in total. The van der Waals surface area contributed by atoms with Crippen LogP contribution in [0.4, 0.5) is 0 Å². The van der Waals surface area contributed by atoms with E-state index in [-0.39, 0.29) is 0 Å². The van der Waals surface area contributed by atoms with Crippen molar-refractivity contribution in [3.8, 4) is 0 Å². The molecule has 0 aromatic rings. The molecule has 0 aliphatic rings. The molecule has 2 unspecified atom stereocenters. The molecule has 0 aromatic carbocycles. The summed E-state index contributed by atoms with van der Waals surface area (Å²) in [5.74, 6) is -2.81. The normalized spacial score (nSPS) is 15.6. The second-order valence-electron chi connectivity index (χ2n) is 3.71. The number of hydrogen-bond acceptors (Lipinski definition) is 7. The second-order valence-corrected chi connectivity index (χ2v) is 3.71. The maximum absolute atomic E-state index is 11.4. The van der Waals surface area contributed by atoms with Gasteiger partial charge in [0.25, 0.3) is 0 Å². The number of rotatable bonds is 5. The number of carbonyl (C=O) groups is 2. The van der Waals surface area contributed by atoms with E-state index < -0.39 is 36.9 Å². The first-order valence-electron chi connectivity index (χ1n) is 4.81. The smallest absolute Gasteiger partial charge is 0.352 e. The molecule has 0 spiro atoms. The van der Waals surface area contributed by atoms with E-state index in [1.807, 2.05) is 0 Å². The number of hydrogen-bond donors (Lipinski definition) is 4. The first-order chi connectivity index (χ1) is 7.76. The lowest BCUT2D eigenvalue weighted by molar-refractivity contribution is -0.178. The lowest BCUT2D eigenvalue weighted by Gasteiger charge is -2.20. The predicted molar refractivity (Wildman–Crippen MR) is 55.7 cm³/mol. The quantitative estimate of drug-likeness (QED) is 0.254. The van der Waals surface area contributed by atoms with Crippen molar-refractivity contribution in [2.24, 2.45) is 0 Å². The first-order valence-corrected chi connectivity index (χ1v) is 4.81. The summed E-state index contributed by atoms with van der Waals surface area (Å²) in [6.45, 7) is 1.25. The highest BCUT2D eigenvalue weighted by molar-refractivity contribution is 5.93. The van der Waals surface area contributed by atoms with Crippen LogP contribution < -0.4 is 0 Å². The van der Waals surface area contributed by atoms with Gasteiger partial charge in [0.1, 0.15) is 0 Å². The summed E-state index contributed by atoms with van der Waals surface area (Å²) in [6, 6.07) is 0. The van der Waals surface area contributed by atoms with E-state index in [0.29, 0.717) is 5.57 Å². The van der Waals surface area contributed by atoms with Crippen LogP contribution in [-0.4, -0.2) is 57.3 Å². The molecule has 0 saturated carbocycles. The van der Waals surface area contributed by atoms with Gasteiger partial charge in [0.2, 0.25) is 5.60 Å². The topological polar surface area (TPSA) is 124 Å². The number of aliphatic hydroxyl groups excluding tert-OH is 3. The minimum Gasteiger partial charge on any atom is -0.393 e. The van der Waals surface area contributed by atoms with E-state index in [9.17, 15) is 14.7 Å². The summed E-state index contributed by atoms with van der Waals surface area (Å²) >= 11 is 0. The lowest BCUT2D eigenvalue weighted by Crippen LogP contribution is -2.44. The van der Waals surface area contributed by atoms with E-state index in [0.717, 1.165) is 6.08 Å². The van der Waals surface area contributed by atoms with Crippen LogP contribution in [0.1, 0.15) is 13.8 Å². The summed E-state index contributed by atoms with van der Waals surface area (Å²) < 4.78 is 4.12. The van der Waals surface area contributed by atoms with Crippen molar-refractivity contribution in [1.29, 1.82) is 0 Å². The van der Waals surface area contributed by atoms with Crippen molar-refractivity contribution >= 4 is 11.9 Å². The number of carbonyl (C=O) groups excluding carboxylic acids is 2. The van der Waals surface area contributed by atoms with Gasteiger partial charge in [-0.15, -0.1) is 0 Å². The number of ether oxygens (including phenoxy) is 1. The maximum atomic E-state index is 11.4. The predicted octanol–water partition coefficient (Wildman–Crippen LogP) is -1.90. The number of allylic oxidation sites excluding steroid dienone is 1. The molecule has 0 bridgehead atoms. The fourth-order valence-corrected chi connectivity index (χ4v) is 0.969. The van der Waals surface area contributed by atoms with Crippen molar-refractivity contribution in [2.45, 2.75) is 25.6 Å². The van der Waals surface area contributed by atoms with Crippen molar-refractivity contribution in [3.63, 3.8) is 0 Å². The van der Waals surface area contributed by atoms with Crippen LogP contribution >= 0.6 is 0 Å². The van der Waals surface area contributed by atoms with Crippen LogP contribution in [0.15, 0.2) is 11.6 Å². The van der Waals surface area contributed by atoms with E-state index >= 15 is 0 Å². The molecule has 7 nitrogen and oxygen atoms in total. The highest BCUT2D eigenvalue weighted by Crippen LogP contribution is 2.12. The van der Waals surface area contributed by atoms with Gasteiger partial charge in [-0.3, -0.25) is 0 Å². The highest BCUT2D eigenvalue weighted by Gasteiger charge is 2.37. The molecule has 17 heavy (non-hydrogen) atoms. The lowest BCUT2D eigenvalue weighted by atomic mass is 10.0. The maximum Gasteiger partial charge on any atom is 0.352 e. The van der Waals surface area contributed by atoms with Gasteiger partial charge < -0.3 is 25.2 Å². The number of aliphatic hydroxyl groups is 4. The Morgan fingerprint density at radius 2 is 1.88 bits per heavy atom. The van der Waals surface area contributed by atoms with Gasteiger partial charge in [-0.1, -0.05) is 5.57 Å². The molecule has 0 amide bonds. The Morgan fingerprint density at radius 3 is 2.24 bits per heavy atom. The molecule has 2 atom stereocenters. The SMILES string of the molecule is CC(C)=CC(O)(CO)C(=O)OC(=O)C(O)CO. The van der Waals surface area contributed by atoms with Crippen LogP contribution in [0.25, 0.3) is 0 Å². The molecular weight excluding hydrogens is 232 g/mol. The Balaban J connectivity index is 4.79. The fourth-order valence-electron chi connectivity index (χ4n) is 0.969. The Labute approximate surface area is 97.9 Å². The molecule has 7 heteroatoms. The molecule has 0 rings (SSSR count). The Hall–Kier alpha value is -1.28. The molecule has 0 radical (unpaired) electrons. The largest absolute Gasteiger partial charge is 0.393 e. The molecule has 98 valence electrons. The molecule has 0 aromatic heterocycles. The minimum atomic E-state index is -2.34. The molecule has 0 aliphatic heterocycles. The zero-order valence-corrected chi connectivity index (χ0v) is 9.58. The minimum absolute atomic E-state index is 0.522. The van der Waals surface area contributed by atoms with Gasteiger partial charge in [-0.2, -0.15) is 0 Å². The Kier molecular flexibility index (Phi) is 5.97. The molecule has 0 saturated heterocycles. The van der Waals surface area contributed by atoms with E-state index in [4.69, 9.17) is 15.3 Å². The van der Waals surface area contributed by atoms with Gasteiger partial charge in [0.05, 0.1) is 13.2 Å². The van der Waals surface area contributed by atoms with Gasteiger partial charge in [0, 0.05) is 0 Å². The third-order valence-electron chi connectivity index (χ3n) is 1.76. The monoisotopic (exact) mass is 248 g/mol. The van der Waals surface area contributed by atoms with Crippen molar-refractivity contribution in [2.75, 3.05) is 13.2 Å². The van der Waals surface area contributed by atoms with Crippen molar-refractivity contribution < 1.29 is 34.8 Å². The molecule has 0 fully saturated rings. The molecule has 0 heterocycles. The number of esters is 2. The zero-order valence-electron chi connectivity index (χ0n) is 9.58.